The third kappa shape index (κ3) is 3.80. The molecule has 0 saturated carbocycles. The van der Waals surface area contributed by atoms with Crippen molar-refractivity contribution < 1.29 is 22.7 Å². The molecule has 132 valence electrons. The zero-order valence-electron chi connectivity index (χ0n) is 12.9. The predicted molar refractivity (Wildman–Crippen MR) is 89.7 cm³/mol. The number of esters is 1. The van der Waals surface area contributed by atoms with E-state index in [1.807, 2.05) is 0 Å². The van der Waals surface area contributed by atoms with Gasteiger partial charge in [-0.1, -0.05) is 17.7 Å². The Kier molecular flexibility index (Phi) is 4.75. The second-order valence-corrected chi connectivity index (χ2v) is 6.49. The highest BCUT2D eigenvalue weighted by Crippen LogP contribution is 2.32. The number of alkyl halides is 3. The number of ether oxygens (including phenoxy) is 1. The van der Waals surface area contributed by atoms with Gasteiger partial charge < -0.3 is 4.74 Å². The van der Waals surface area contributed by atoms with Crippen molar-refractivity contribution in [3.8, 4) is 5.13 Å². The second kappa shape index (κ2) is 6.68. The maximum Gasteiger partial charge on any atom is 0.393 e. The summed E-state index contributed by atoms with van der Waals surface area (Å²) < 4.78 is 44.9. The fraction of sp³-hybridized carbons (Fsp3) is 0.250. The van der Waals surface area contributed by atoms with Crippen LogP contribution in [0.2, 0.25) is 5.02 Å². The molecule has 0 bridgehead atoms. The van der Waals surface area contributed by atoms with Gasteiger partial charge >= 0.3 is 12.1 Å². The Morgan fingerprint density at radius 3 is 2.84 bits per heavy atom. The van der Waals surface area contributed by atoms with Gasteiger partial charge in [-0.2, -0.15) is 13.2 Å². The van der Waals surface area contributed by atoms with Gasteiger partial charge in [0.05, 0.1) is 18.5 Å². The van der Waals surface area contributed by atoms with E-state index in [9.17, 15) is 18.0 Å². The summed E-state index contributed by atoms with van der Waals surface area (Å²) in [5, 5.41) is 2.71. The van der Waals surface area contributed by atoms with Crippen molar-refractivity contribution in [3.05, 3.63) is 46.1 Å². The Bertz CT molecular complexity index is 933. The van der Waals surface area contributed by atoms with Crippen molar-refractivity contribution in [2.75, 3.05) is 6.61 Å². The van der Waals surface area contributed by atoms with Crippen molar-refractivity contribution in [1.82, 2.24) is 9.55 Å². The van der Waals surface area contributed by atoms with E-state index in [0.717, 1.165) is 11.3 Å². The molecule has 3 rings (SSSR count). The van der Waals surface area contributed by atoms with E-state index in [2.05, 4.69) is 4.98 Å². The molecule has 0 spiro atoms. The summed E-state index contributed by atoms with van der Waals surface area (Å²) in [6, 6.07) is 4.66. The molecule has 1 aromatic carbocycles. The summed E-state index contributed by atoms with van der Waals surface area (Å²) in [7, 11) is 0. The fourth-order valence-electron chi connectivity index (χ4n) is 2.46. The summed E-state index contributed by atoms with van der Waals surface area (Å²) in [6.07, 6.45) is -4.02. The number of benzene rings is 1. The summed E-state index contributed by atoms with van der Waals surface area (Å²) in [4.78, 5) is 15.9. The number of thiazole rings is 1. The van der Waals surface area contributed by atoms with Crippen LogP contribution in [0.1, 0.15) is 23.0 Å². The van der Waals surface area contributed by atoms with Gasteiger partial charge in [-0.15, -0.1) is 11.3 Å². The highest BCUT2D eigenvalue weighted by molar-refractivity contribution is 7.12. The maximum atomic E-state index is 12.8. The topological polar surface area (TPSA) is 44.1 Å². The van der Waals surface area contributed by atoms with Gasteiger partial charge in [0.15, 0.2) is 10.8 Å². The summed E-state index contributed by atoms with van der Waals surface area (Å²) in [5.74, 6) is -0.574. The summed E-state index contributed by atoms with van der Waals surface area (Å²) >= 11 is 7.13. The largest absolute Gasteiger partial charge is 0.461 e. The average Bonchev–Trinajstić information content (AvgIpc) is 3.11. The van der Waals surface area contributed by atoms with Crippen LogP contribution in [0.5, 0.6) is 0 Å². The van der Waals surface area contributed by atoms with Gasteiger partial charge in [-0.05, 0) is 24.6 Å². The lowest BCUT2D eigenvalue weighted by Gasteiger charge is -2.04. The second-order valence-electron chi connectivity index (χ2n) is 5.21. The third-order valence-electron chi connectivity index (χ3n) is 3.42. The molecule has 25 heavy (non-hydrogen) atoms. The minimum atomic E-state index is -4.34. The van der Waals surface area contributed by atoms with Crippen LogP contribution in [0.15, 0.2) is 29.8 Å². The standard InChI is InChI=1S/C16H12ClF3N2O2S/c1-2-24-14(23)12-8-25-15(21-12)22-7-9(6-16(18,19)20)11-4-3-10(17)5-13(11)22/h3-5,7-8H,2,6H2,1H3. The van der Waals surface area contributed by atoms with Gasteiger partial charge in [-0.25, -0.2) is 9.78 Å². The van der Waals surface area contributed by atoms with E-state index in [0.29, 0.717) is 21.1 Å². The fourth-order valence-corrected chi connectivity index (χ4v) is 3.41. The van der Waals surface area contributed by atoms with Gasteiger partial charge in [-0.3, -0.25) is 4.57 Å². The van der Waals surface area contributed by atoms with Crippen molar-refractivity contribution >= 4 is 39.8 Å². The van der Waals surface area contributed by atoms with Crippen molar-refractivity contribution in [1.29, 1.82) is 0 Å². The number of hydrogen-bond acceptors (Lipinski definition) is 4. The first-order chi connectivity index (χ1) is 11.8. The van der Waals surface area contributed by atoms with E-state index in [-0.39, 0.29) is 17.9 Å². The molecule has 0 aliphatic heterocycles. The molecule has 2 heterocycles. The lowest BCUT2D eigenvalue weighted by molar-refractivity contribution is -0.127. The Morgan fingerprint density at radius 1 is 1.40 bits per heavy atom. The molecule has 0 atom stereocenters. The summed E-state index contributed by atoms with van der Waals surface area (Å²) in [5.41, 5.74) is 0.728. The Hall–Kier alpha value is -2.06. The highest BCUT2D eigenvalue weighted by atomic mass is 35.5. The molecule has 2 aromatic heterocycles. The van der Waals surface area contributed by atoms with E-state index < -0.39 is 18.6 Å². The van der Waals surface area contributed by atoms with Crippen LogP contribution in [-0.4, -0.2) is 28.3 Å². The monoisotopic (exact) mass is 388 g/mol. The van der Waals surface area contributed by atoms with Crippen LogP contribution < -0.4 is 0 Å². The lowest BCUT2D eigenvalue weighted by Crippen LogP contribution is -2.11. The molecular formula is C16H12ClF3N2O2S. The molecule has 0 fully saturated rings. The molecule has 0 amide bonds. The molecule has 0 aliphatic rings. The van der Waals surface area contributed by atoms with Crippen LogP contribution in [0, 0.1) is 0 Å². The van der Waals surface area contributed by atoms with Crippen LogP contribution >= 0.6 is 22.9 Å². The van der Waals surface area contributed by atoms with Gasteiger partial charge in [0.2, 0.25) is 0 Å². The molecule has 4 nitrogen and oxygen atoms in total. The van der Waals surface area contributed by atoms with Crippen molar-refractivity contribution in [3.63, 3.8) is 0 Å². The van der Waals surface area contributed by atoms with E-state index in [4.69, 9.17) is 16.3 Å². The first kappa shape index (κ1) is 17.8. The first-order valence-corrected chi connectivity index (χ1v) is 8.53. The smallest absolute Gasteiger partial charge is 0.393 e. The quantitative estimate of drug-likeness (QED) is 0.589. The zero-order chi connectivity index (χ0) is 18.2. The zero-order valence-corrected chi connectivity index (χ0v) is 14.5. The first-order valence-electron chi connectivity index (χ1n) is 7.27. The maximum absolute atomic E-state index is 12.8. The number of carbonyl (C=O) groups excluding carboxylic acids is 1. The number of rotatable bonds is 4. The van der Waals surface area contributed by atoms with Crippen LogP contribution in [0.3, 0.4) is 0 Å². The molecule has 9 heteroatoms. The van der Waals surface area contributed by atoms with Gasteiger partial charge in [0.1, 0.15) is 0 Å². The predicted octanol–water partition coefficient (Wildman–Crippen LogP) is 5.02. The number of fused-ring (bicyclic) bond motifs is 1. The van der Waals surface area contributed by atoms with Crippen LogP contribution in [0.4, 0.5) is 13.2 Å². The van der Waals surface area contributed by atoms with Crippen LogP contribution in [-0.2, 0) is 11.2 Å². The summed E-state index contributed by atoms with van der Waals surface area (Å²) in [6.45, 7) is 1.89. The number of aromatic nitrogens is 2. The lowest BCUT2D eigenvalue weighted by atomic mass is 10.1. The van der Waals surface area contributed by atoms with Gasteiger partial charge in [0, 0.05) is 22.0 Å². The minimum Gasteiger partial charge on any atom is -0.461 e. The molecule has 0 radical (unpaired) electrons. The average molecular weight is 389 g/mol. The van der Waals surface area contributed by atoms with E-state index in [1.54, 1.807) is 25.1 Å². The van der Waals surface area contributed by atoms with Crippen molar-refractivity contribution in [2.24, 2.45) is 0 Å². The number of carbonyl (C=O) groups is 1. The van der Waals surface area contributed by atoms with Crippen molar-refractivity contribution in [2.45, 2.75) is 19.5 Å². The normalized spacial score (nSPS) is 11.9. The number of hydrogen-bond donors (Lipinski definition) is 0. The molecule has 0 unspecified atom stereocenters. The Morgan fingerprint density at radius 2 is 2.16 bits per heavy atom. The molecule has 0 aliphatic carbocycles. The highest BCUT2D eigenvalue weighted by Gasteiger charge is 2.30. The van der Waals surface area contributed by atoms with Crippen LogP contribution in [0.25, 0.3) is 16.0 Å². The number of nitrogens with zero attached hydrogens (tertiary/aromatic N) is 2. The molecule has 3 aromatic rings. The number of halogens is 4. The SMILES string of the molecule is CCOC(=O)c1csc(-n2cc(CC(F)(F)F)c3ccc(Cl)cc32)n1. The van der Waals surface area contributed by atoms with E-state index >= 15 is 0 Å². The Labute approximate surface area is 149 Å². The molecule has 0 saturated heterocycles. The molecular weight excluding hydrogens is 377 g/mol. The molecule has 0 N–H and O–H groups in total. The van der Waals surface area contributed by atoms with Gasteiger partial charge in [0.25, 0.3) is 0 Å². The minimum absolute atomic E-state index is 0.114. The Balaban J connectivity index is 2.10. The third-order valence-corrected chi connectivity index (χ3v) is 4.50. The van der Waals surface area contributed by atoms with E-state index in [1.165, 1.54) is 16.1 Å².